The molecule has 1 aliphatic heterocycles. The van der Waals surface area contributed by atoms with E-state index in [9.17, 15) is 9.18 Å². The van der Waals surface area contributed by atoms with E-state index in [2.05, 4.69) is 5.32 Å². The molecule has 0 radical (unpaired) electrons. The highest BCUT2D eigenvalue weighted by Gasteiger charge is 2.25. The maximum atomic E-state index is 13.7. The van der Waals surface area contributed by atoms with E-state index in [0.29, 0.717) is 23.7 Å². The molecule has 1 N–H and O–H groups in total. The molecule has 1 aliphatic rings. The van der Waals surface area contributed by atoms with Crippen molar-refractivity contribution >= 4 is 17.5 Å². The molecule has 19 heavy (non-hydrogen) atoms. The number of ether oxygens (including phenoxy) is 1. The predicted molar refractivity (Wildman–Crippen MR) is 70.5 cm³/mol. The summed E-state index contributed by atoms with van der Waals surface area (Å²) >= 11 is 5.94. The molecular weight excluding hydrogens is 271 g/mol. The summed E-state index contributed by atoms with van der Waals surface area (Å²) in [5.74, 6) is -0.582. The molecule has 0 aromatic heterocycles. The van der Waals surface area contributed by atoms with Crippen molar-refractivity contribution in [2.75, 3.05) is 26.7 Å². The Bertz CT molecular complexity index is 444. The lowest BCUT2D eigenvalue weighted by Gasteiger charge is -2.27. The first-order chi connectivity index (χ1) is 9.09. The third kappa shape index (κ3) is 3.43. The molecule has 1 heterocycles. The standard InChI is InChI=1S/C13H16ClFN2O2/c1-17(13(18)12-7-16-5-6-19-12)8-9-10(14)3-2-4-11(9)15/h2-4,12,16H,5-8H2,1H3. The van der Waals surface area contributed by atoms with E-state index in [1.165, 1.54) is 17.0 Å². The number of rotatable bonds is 3. The van der Waals surface area contributed by atoms with Gasteiger partial charge in [-0.3, -0.25) is 4.79 Å². The lowest BCUT2D eigenvalue weighted by molar-refractivity contribution is -0.144. The molecule has 1 amide bonds. The van der Waals surface area contributed by atoms with Crippen molar-refractivity contribution in [1.82, 2.24) is 10.2 Å². The highest BCUT2D eigenvalue weighted by molar-refractivity contribution is 6.31. The third-order valence-electron chi connectivity index (χ3n) is 3.04. The molecular formula is C13H16ClFN2O2. The molecule has 0 bridgehead atoms. The van der Waals surface area contributed by atoms with E-state index in [0.717, 1.165) is 6.54 Å². The fourth-order valence-corrected chi connectivity index (χ4v) is 2.19. The van der Waals surface area contributed by atoms with Crippen LogP contribution in [0.3, 0.4) is 0 Å². The molecule has 0 spiro atoms. The van der Waals surface area contributed by atoms with Crippen LogP contribution >= 0.6 is 11.6 Å². The number of nitrogens with one attached hydrogen (secondary N) is 1. The van der Waals surface area contributed by atoms with Gasteiger partial charge in [0.15, 0.2) is 0 Å². The Morgan fingerprint density at radius 3 is 3.05 bits per heavy atom. The number of morpholine rings is 1. The quantitative estimate of drug-likeness (QED) is 0.914. The third-order valence-corrected chi connectivity index (χ3v) is 3.39. The van der Waals surface area contributed by atoms with Crippen molar-refractivity contribution in [3.8, 4) is 0 Å². The Morgan fingerprint density at radius 1 is 1.63 bits per heavy atom. The second-order valence-electron chi connectivity index (χ2n) is 4.46. The van der Waals surface area contributed by atoms with Crippen LogP contribution in [0.1, 0.15) is 5.56 Å². The molecule has 104 valence electrons. The van der Waals surface area contributed by atoms with Gasteiger partial charge in [0.05, 0.1) is 6.61 Å². The molecule has 0 aliphatic carbocycles. The van der Waals surface area contributed by atoms with E-state index in [-0.39, 0.29) is 12.5 Å². The Balaban J connectivity index is 2.03. The first-order valence-corrected chi connectivity index (χ1v) is 6.47. The van der Waals surface area contributed by atoms with Crippen LogP contribution in [0.5, 0.6) is 0 Å². The van der Waals surface area contributed by atoms with Crippen LogP contribution in [0, 0.1) is 5.82 Å². The van der Waals surface area contributed by atoms with Crippen LogP contribution in [0.4, 0.5) is 4.39 Å². The van der Waals surface area contributed by atoms with Crippen LogP contribution in [0.2, 0.25) is 5.02 Å². The zero-order chi connectivity index (χ0) is 13.8. The highest BCUT2D eigenvalue weighted by Crippen LogP contribution is 2.20. The number of benzene rings is 1. The lowest BCUT2D eigenvalue weighted by Crippen LogP contribution is -2.48. The van der Waals surface area contributed by atoms with E-state index < -0.39 is 11.9 Å². The van der Waals surface area contributed by atoms with E-state index in [1.807, 2.05) is 0 Å². The smallest absolute Gasteiger partial charge is 0.253 e. The molecule has 1 aromatic rings. The van der Waals surface area contributed by atoms with Gasteiger partial charge in [-0.25, -0.2) is 4.39 Å². The first-order valence-electron chi connectivity index (χ1n) is 6.10. The van der Waals surface area contributed by atoms with Crippen molar-refractivity contribution < 1.29 is 13.9 Å². The van der Waals surface area contributed by atoms with Crippen molar-refractivity contribution in [2.45, 2.75) is 12.6 Å². The zero-order valence-corrected chi connectivity index (χ0v) is 11.4. The van der Waals surface area contributed by atoms with Gasteiger partial charge in [-0.15, -0.1) is 0 Å². The number of hydrogen-bond donors (Lipinski definition) is 1. The maximum Gasteiger partial charge on any atom is 0.253 e. The fourth-order valence-electron chi connectivity index (χ4n) is 1.97. The van der Waals surface area contributed by atoms with Crippen molar-refractivity contribution in [2.24, 2.45) is 0 Å². The number of likely N-dealkylation sites (N-methyl/N-ethyl adjacent to an activating group) is 1. The van der Waals surface area contributed by atoms with E-state index >= 15 is 0 Å². The first kappa shape index (κ1) is 14.2. The Morgan fingerprint density at radius 2 is 2.42 bits per heavy atom. The van der Waals surface area contributed by atoms with E-state index in [4.69, 9.17) is 16.3 Å². The van der Waals surface area contributed by atoms with Crippen molar-refractivity contribution in [3.05, 3.63) is 34.6 Å². The molecule has 1 unspecified atom stereocenters. The van der Waals surface area contributed by atoms with Gasteiger partial charge in [-0.2, -0.15) is 0 Å². The molecule has 6 heteroatoms. The van der Waals surface area contributed by atoms with Gasteiger partial charge >= 0.3 is 0 Å². The van der Waals surface area contributed by atoms with E-state index in [1.54, 1.807) is 13.1 Å². The Labute approximate surface area is 116 Å². The van der Waals surface area contributed by atoms with Crippen LogP contribution in [0.25, 0.3) is 0 Å². The minimum Gasteiger partial charge on any atom is -0.366 e. The topological polar surface area (TPSA) is 41.6 Å². The summed E-state index contributed by atoms with van der Waals surface area (Å²) in [7, 11) is 1.61. The van der Waals surface area contributed by atoms with Crippen LogP contribution in [-0.4, -0.2) is 43.7 Å². The summed E-state index contributed by atoms with van der Waals surface area (Å²) in [6, 6.07) is 4.48. The lowest BCUT2D eigenvalue weighted by atomic mass is 10.2. The van der Waals surface area contributed by atoms with Gasteiger partial charge in [0.2, 0.25) is 0 Å². The van der Waals surface area contributed by atoms with Gasteiger partial charge in [-0.05, 0) is 12.1 Å². The highest BCUT2D eigenvalue weighted by atomic mass is 35.5. The van der Waals surface area contributed by atoms with Crippen LogP contribution < -0.4 is 5.32 Å². The molecule has 0 saturated carbocycles. The molecule has 1 fully saturated rings. The van der Waals surface area contributed by atoms with Gasteiger partial charge in [0, 0.05) is 37.3 Å². The number of nitrogens with zero attached hydrogens (tertiary/aromatic N) is 1. The fraction of sp³-hybridized carbons (Fsp3) is 0.462. The number of amides is 1. The summed E-state index contributed by atoms with van der Waals surface area (Å²) in [4.78, 5) is 13.6. The average Bonchev–Trinajstić information content (AvgIpc) is 2.43. The summed E-state index contributed by atoms with van der Waals surface area (Å²) in [5.41, 5.74) is 0.323. The molecule has 2 rings (SSSR count). The second kappa shape index (κ2) is 6.32. The summed E-state index contributed by atoms with van der Waals surface area (Å²) in [6.07, 6.45) is -0.510. The average molecular weight is 287 g/mol. The summed E-state index contributed by atoms with van der Waals surface area (Å²) < 4.78 is 19.0. The number of carbonyl (C=O) groups is 1. The normalized spacial score (nSPS) is 19.2. The number of carbonyl (C=O) groups excluding carboxylic acids is 1. The number of hydrogen-bond acceptors (Lipinski definition) is 3. The molecule has 1 saturated heterocycles. The van der Waals surface area contributed by atoms with Gasteiger partial charge in [0.25, 0.3) is 5.91 Å². The molecule has 1 aromatic carbocycles. The minimum absolute atomic E-state index is 0.129. The van der Waals surface area contributed by atoms with Crippen molar-refractivity contribution in [3.63, 3.8) is 0 Å². The largest absolute Gasteiger partial charge is 0.366 e. The minimum atomic E-state index is -0.510. The van der Waals surface area contributed by atoms with Gasteiger partial charge in [0.1, 0.15) is 11.9 Å². The summed E-state index contributed by atoms with van der Waals surface area (Å²) in [6.45, 7) is 1.86. The monoisotopic (exact) mass is 286 g/mol. The van der Waals surface area contributed by atoms with Crippen LogP contribution in [-0.2, 0) is 16.1 Å². The van der Waals surface area contributed by atoms with Crippen molar-refractivity contribution in [1.29, 1.82) is 0 Å². The Kier molecular flexibility index (Phi) is 4.74. The van der Waals surface area contributed by atoms with Gasteiger partial charge in [-0.1, -0.05) is 17.7 Å². The second-order valence-corrected chi connectivity index (χ2v) is 4.87. The molecule has 4 nitrogen and oxygen atoms in total. The predicted octanol–water partition coefficient (Wildman–Crippen LogP) is 1.43. The Hall–Kier alpha value is -1.17. The van der Waals surface area contributed by atoms with Gasteiger partial charge < -0.3 is 15.0 Å². The maximum absolute atomic E-state index is 13.7. The SMILES string of the molecule is CN(Cc1c(F)cccc1Cl)C(=O)C1CNCCO1. The van der Waals surface area contributed by atoms with Crippen LogP contribution in [0.15, 0.2) is 18.2 Å². The molecule has 1 atom stereocenters. The summed E-state index contributed by atoms with van der Waals surface area (Å²) in [5, 5.41) is 3.41. The zero-order valence-electron chi connectivity index (χ0n) is 10.7. The number of halogens is 2.